The number of ether oxygens (including phenoxy) is 1. The number of hydrogen-bond acceptors (Lipinski definition) is 3. The average molecular weight is 264 g/mol. The van der Waals surface area contributed by atoms with Gasteiger partial charge in [0.1, 0.15) is 0 Å². The lowest BCUT2D eigenvalue weighted by Crippen LogP contribution is -2.32. The van der Waals surface area contributed by atoms with Crippen LogP contribution in [0, 0.1) is 0 Å². The maximum absolute atomic E-state index is 6.24. The van der Waals surface area contributed by atoms with E-state index in [0.29, 0.717) is 6.10 Å². The Morgan fingerprint density at radius 3 is 2.37 bits per heavy atom. The first-order valence-corrected chi connectivity index (χ1v) is 7.17. The molecule has 3 heteroatoms. The van der Waals surface area contributed by atoms with Gasteiger partial charge in [0.25, 0.3) is 0 Å². The topological polar surface area (TPSA) is 38.5 Å². The van der Waals surface area contributed by atoms with Gasteiger partial charge in [0.05, 0.1) is 12.7 Å². The standard InChI is InChI=1S/C16H28N2O/c1-5-14-6-8-15(9-7-14)16(17)12-18(4)10-11-19-13(2)3/h6-9,13,16H,5,10-12,17H2,1-4H3. The Morgan fingerprint density at radius 1 is 1.21 bits per heavy atom. The molecular formula is C16H28N2O. The van der Waals surface area contributed by atoms with E-state index in [4.69, 9.17) is 10.5 Å². The van der Waals surface area contributed by atoms with E-state index < -0.39 is 0 Å². The predicted octanol–water partition coefficient (Wildman–Crippen LogP) is 2.61. The maximum atomic E-state index is 6.24. The first-order valence-electron chi connectivity index (χ1n) is 7.17. The molecule has 0 bridgehead atoms. The lowest BCUT2D eigenvalue weighted by molar-refractivity contribution is 0.0629. The van der Waals surface area contributed by atoms with Crippen molar-refractivity contribution in [1.29, 1.82) is 0 Å². The van der Waals surface area contributed by atoms with Crippen LogP contribution in [-0.4, -0.2) is 37.7 Å². The second-order valence-corrected chi connectivity index (χ2v) is 5.38. The van der Waals surface area contributed by atoms with Crippen molar-refractivity contribution in [3.63, 3.8) is 0 Å². The molecule has 0 radical (unpaired) electrons. The quantitative estimate of drug-likeness (QED) is 0.784. The average Bonchev–Trinajstić information content (AvgIpc) is 2.38. The van der Waals surface area contributed by atoms with Crippen molar-refractivity contribution in [2.24, 2.45) is 5.73 Å². The molecular weight excluding hydrogens is 236 g/mol. The van der Waals surface area contributed by atoms with Crippen LogP contribution in [0.3, 0.4) is 0 Å². The zero-order valence-electron chi connectivity index (χ0n) is 12.7. The zero-order valence-corrected chi connectivity index (χ0v) is 12.7. The van der Waals surface area contributed by atoms with E-state index >= 15 is 0 Å². The lowest BCUT2D eigenvalue weighted by atomic mass is 10.0. The number of aryl methyl sites for hydroxylation is 1. The molecule has 1 unspecified atom stereocenters. The van der Waals surface area contributed by atoms with Crippen LogP contribution < -0.4 is 5.73 Å². The summed E-state index contributed by atoms with van der Waals surface area (Å²) in [5, 5.41) is 0. The molecule has 3 nitrogen and oxygen atoms in total. The van der Waals surface area contributed by atoms with Crippen LogP contribution in [-0.2, 0) is 11.2 Å². The van der Waals surface area contributed by atoms with Gasteiger partial charge in [0.2, 0.25) is 0 Å². The maximum Gasteiger partial charge on any atom is 0.0596 e. The minimum atomic E-state index is 0.0648. The van der Waals surface area contributed by atoms with E-state index in [0.717, 1.165) is 26.1 Å². The Bertz CT molecular complexity index is 348. The van der Waals surface area contributed by atoms with E-state index in [2.05, 4.69) is 57.0 Å². The van der Waals surface area contributed by atoms with Crippen LogP contribution >= 0.6 is 0 Å². The van der Waals surface area contributed by atoms with Gasteiger partial charge in [-0.15, -0.1) is 0 Å². The van der Waals surface area contributed by atoms with Crippen molar-refractivity contribution >= 4 is 0 Å². The van der Waals surface area contributed by atoms with Crippen LogP contribution in [0.25, 0.3) is 0 Å². The highest BCUT2D eigenvalue weighted by Gasteiger charge is 2.09. The van der Waals surface area contributed by atoms with Crippen LogP contribution in [0.5, 0.6) is 0 Å². The molecule has 1 aromatic rings. The molecule has 0 amide bonds. The molecule has 0 aliphatic heterocycles. The lowest BCUT2D eigenvalue weighted by Gasteiger charge is -2.22. The highest BCUT2D eigenvalue weighted by molar-refractivity contribution is 5.25. The van der Waals surface area contributed by atoms with Gasteiger partial charge < -0.3 is 15.4 Å². The molecule has 1 atom stereocenters. The summed E-state index contributed by atoms with van der Waals surface area (Å²) in [6, 6.07) is 8.67. The second-order valence-electron chi connectivity index (χ2n) is 5.38. The smallest absolute Gasteiger partial charge is 0.0596 e. The number of benzene rings is 1. The van der Waals surface area contributed by atoms with Crippen LogP contribution in [0.1, 0.15) is 37.9 Å². The fraction of sp³-hybridized carbons (Fsp3) is 0.625. The van der Waals surface area contributed by atoms with Gasteiger partial charge in [0.15, 0.2) is 0 Å². The number of rotatable bonds is 8. The van der Waals surface area contributed by atoms with Crippen molar-refractivity contribution < 1.29 is 4.74 Å². The molecule has 1 rings (SSSR count). The third-order valence-corrected chi connectivity index (χ3v) is 3.25. The van der Waals surface area contributed by atoms with Gasteiger partial charge in [-0.2, -0.15) is 0 Å². The van der Waals surface area contributed by atoms with E-state index in [9.17, 15) is 0 Å². The summed E-state index contributed by atoms with van der Waals surface area (Å²) in [6.07, 6.45) is 1.37. The second kappa shape index (κ2) is 8.31. The Kier molecular flexibility index (Phi) is 7.06. The molecule has 0 fully saturated rings. The molecule has 1 aromatic carbocycles. The van der Waals surface area contributed by atoms with Crippen LogP contribution in [0.4, 0.5) is 0 Å². The molecule has 0 aliphatic carbocycles. The SMILES string of the molecule is CCc1ccc(C(N)CN(C)CCOC(C)C)cc1. The summed E-state index contributed by atoms with van der Waals surface area (Å²) in [6.45, 7) is 8.81. The third kappa shape index (κ3) is 6.19. The number of hydrogen-bond donors (Lipinski definition) is 1. The normalized spacial score (nSPS) is 13.2. The summed E-state index contributed by atoms with van der Waals surface area (Å²) in [4.78, 5) is 2.22. The van der Waals surface area contributed by atoms with Crippen molar-refractivity contribution in [1.82, 2.24) is 4.90 Å². The van der Waals surface area contributed by atoms with Crippen molar-refractivity contribution in [3.05, 3.63) is 35.4 Å². The summed E-state index contributed by atoms with van der Waals surface area (Å²) >= 11 is 0. The Balaban J connectivity index is 2.38. The van der Waals surface area contributed by atoms with Crippen LogP contribution in [0.15, 0.2) is 24.3 Å². The fourth-order valence-electron chi connectivity index (χ4n) is 1.98. The highest BCUT2D eigenvalue weighted by atomic mass is 16.5. The Morgan fingerprint density at radius 2 is 1.84 bits per heavy atom. The fourth-order valence-corrected chi connectivity index (χ4v) is 1.98. The number of nitrogens with two attached hydrogens (primary N) is 1. The number of nitrogens with zero attached hydrogens (tertiary/aromatic N) is 1. The first-order chi connectivity index (χ1) is 9.02. The Hall–Kier alpha value is -0.900. The summed E-state index contributed by atoms with van der Waals surface area (Å²) in [5.74, 6) is 0. The minimum absolute atomic E-state index is 0.0648. The third-order valence-electron chi connectivity index (χ3n) is 3.25. The summed E-state index contributed by atoms with van der Waals surface area (Å²) in [7, 11) is 2.09. The van der Waals surface area contributed by atoms with Crippen molar-refractivity contribution in [3.8, 4) is 0 Å². The molecule has 0 saturated heterocycles. The summed E-state index contributed by atoms with van der Waals surface area (Å²) in [5.41, 5.74) is 8.80. The van der Waals surface area contributed by atoms with Gasteiger partial charge in [-0.1, -0.05) is 31.2 Å². The summed E-state index contributed by atoms with van der Waals surface area (Å²) < 4.78 is 5.55. The van der Waals surface area contributed by atoms with E-state index in [1.54, 1.807) is 0 Å². The molecule has 0 aromatic heterocycles. The van der Waals surface area contributed by atoms with Gasteiger partial charge in [-0.3, -0.25) is 0 Å². The largest absolute Gasteiger partial charge is 0.377 e. The molecule has 0 saturated carbocycles. The van der Waals surface area contributed by atoms with E-state index in [1.165, 1.54) is 11.1 Å². The molecule has 108 valence electrons. The first kappa shape index (κ1) is 16.2. The predicted molar refractivity (Wildman–Crippen MR) is 81.3 cm³/mol. The van der Waals surface area contributed by atoms with E-state index in [1.807, 2.05) is 0 Å². The van der Waals surface area contributed by atoms with Crippen molar-refractivity contribution in [2.45, 2.75) is 39.3 Å². The van der Waals surface area contributed by atoms with Crippen LogP contribution in [0.2, 0.25) is 0 Å². The molecule has 0 aliphatic rings. The number of likely N-dealkylation sites (N-methyl/N-ethyl adjacent to an activating group) is 1. The van der Waals surface area contributed by atoms with Gasteiger partial charge in [0, 0.05) is 19.1 Å². The highest BCUT2D eigenvalue weighted by Crippen LogP contribution is 2.13. The van der Waals surface area contributed by atoms with Gasteiger partial charge in [-0.25, -0.2) is 0 Å². The Labute approximate surface area is 117 Å². The molecule has 2 N–H and O–H groups in total. The molecule has 0 spiro atoms. The molecule has 0 heterocycles. The monoisotopic (exact) mass is 264 g/mol. The van der Waals surface area contributed by atoms with Gasteiger partial charge in [-0.05, 0) is 38.4 Å². The zero-order chi connectivity index (χ0) is 14.3. The van der Waals surface area contributed by atoms with Crippen molar-refractivity contribution in [2.75, 3.05) is 26.7 Å². The van der Waals surface area contributed by atoms with Gasteiger partial charge >= 0.3 is 0 Å². The minimum Gasteiger partial charge on any atom is -0.377 e. The molecule has 19 heavy (non-hydrogen) atoms. The van der Waals surface area contributed by atoms with E-state index in [-0.39, 0.29) is 6.04 Å².